The minimum absolute atomic E-state index is 0.242. The number of rotatable bonds is 4. The number of hydrogen-bond acceptors (Lipinski definition) is 6. The molecule has 2 aromatic heterocycles. The molecule has 0 radical (unpaired) electrons. The van der Waals surface area contributed by atoms with Crippen LogP contribution in [0.2, 0.25) is 0 Å². The van der Waals surface area contributed by atoms with E-state index in [-0.39, 0.29) is 6.09 Å². The Morgan fingerprint density at radius 1 is 1.43 bits per heavy atom. The summed E-state index contributed by atoms with van der Waals surface area (Å²) in [6, 6.07) is 0. The molecule has 1 aliphatic heterocycles. The van der Waals surface area contributed by atoms with Crippen LogP contribution in [0.5, 0.6) is 0 Å². The van der Waals surface area contributed by atoms with Gasteiger partial charge >= 0.3 is 6.09 Å². The van der Waals surface area contributed by atoms with E-state index in [0.717, 1.165) is 29.8 Å². The quantitative estimate of drug-likeness (QED) is 0.901. The first-order valence-corrected chi connectivity index (χ1v) is 6.97. The Morgan fingerprint density at radius 3 is 3.10 bits per heavy atom. The number of nitrogens with zero attached hydrogens (tertiary/aromatic N) is 5. The molecule has 1 aliphatic rings. The van der Waals surface area contributed by atoms with E-state index in [1.807, 2.05) is 14.0 Å². The van der Waals surface area contributed by atoms with E-state index in [2.05, 4.69) is 20.4 Å². The van der Waals surface area contributed by atoms with E-state index >= 15 is 0 Å². The predicted octanol–water partition coefficient (Wildman–Crippen LogP) is 0.926. The molecule has 0 unspecified atom stereocenters. The van der Waals surface area contributed by atoms with Crippen LogP contribution >= 0.6 is 0 Å². The monoisotopic (exact) mass is 290 g/mol. The van der Waals surface area contributed by atoms with Crippen molar-refractivity contribution in [3.8, 4) is 0 Å². The molecular weight excluding hydrogens is 272 g/mol. The summed E-state index contributed by atoms with van der Waals surface area (Å²) >= 11 is 0. The van der Waals surface area contributed by atoms with Gasteiger partial charge in [-0.3, -0.25) is 4.68 Å². The van der Waals surface area contributed by atoms with Gasteiger partial charge in [0.15, 0.2) is 5.65 Å². The van der Waals surface area contributed by atoms with Gasteiger partial charge in [0, 0.05) is 26.7 Å². The molecule has 3 heterocycles. The summed E-state index contributed by atoms with van der Waals surface area (Å²) < 4.78 is 6.73. The number of hydrogen-bond donors (Lipinski definition) is 1. The fraction of sp³-hybridized carbons (Fsp3) is 0.538. The first-order valence-electron chi connectivity index (χ1n) is 6.97. The Kier molecular flexibility index (Phi) is 3.59. The van der Waals surface area contributed by atoms with Crippen LogP contribution in [0.25, 0.3) is 11.0 Å². The van der Waals surface area contributed by atoms with Crippen LogP contribution in [-0.2, 0) is 11.8 Å². The molecule has 0 spiro atoms. The Bertz CT molecular complexity index is 668. The van der Waals surface area contributed by atoms with Gasteiger partial charge in [0.05, 0.1) is 18.2 Å². The Labute approximate surface area is 122 Å². The van der Waals surface area contributed by atoms with Gasteiger partial charge in [-0.05, 0) is 13.3 Å². The fourth-order valence-electron chi connectivity index (χ4n) is 2.38. The highest BCUT2D eigenvalue weighted by Crippen LogP contribution is 2.19. The average Bonchev–Trinajstić information content (AvgIpc) is 2.83. The van der Waals surface area contributed by atoms with Gasteiger partial charge in [0.25, 0.3) is 0 Å². The Hall–Kier alpha value is -2.38. The summed E-state index contributed by atoms with van der Waals surface area (Å²) in [7, 11) is 1.85. The lowest BCUT2D eigenvalue weighted by Gasteiger charge is -2.26. The lowest BCUT2D eigenvalue weighted by Crippen LogP contribution is -2.40. The maximum absolute atomic E-state index is 11.5. The van der Waals surface area contributed by atoms with Crippen molar-refractivity contribution in [3.63, 3.8) is 0 Å². The van der Waals surface area contributed by atoms with Crippen LogP contribution in [-0.4, -0.2) is 57.0 Å². The largest absolute Gasteiger partial charge is 0.449 e. The Morgan fingerprint density at radius 2 is 2.29 bits per heavy atom. The topological polar surface area (TPSA) is 85.2 Å². The standard InChI is InChI=1S/C13H18N6O2/c1-9-16-11(10-8-15-18(2)12(10)17-9)14-4-6-19-5-3-7-21-13(19)20/h8H,3-7H2,1-2H3,(H,14,16,17). The molecule has 1 fully saturated rings. The van der Waals surface area contributed by atoms with Crippen molar-refractivity contribution in [2.45, 2.75) is 13.3 Å². The van der Waals surface area contributed by atoms with E-state index in [1.165, 1.54) is 0 Å². The summed E-state index contributed by atoms with van der Waals surface area (Å²) in [4.78, 5) is 22.0. The summed E-state index contributed by atoms with van der Waals surface area (Å²) in [6.07, 6.45) is 2.38. The number of ether oxygens (including phenoxy) is 1. The van der Waals surface area contributed by atoms with Gasteiger partial charge in [-0.2, -0.15) is 5.10 Å². The molecule has 8 heteroatoms. The maximum atomic E-state index is 11.5. The third kappa shape index (κ3) is 2.74. The van der Waals surface area contributed by atoms with Gasteiger partial charge in [0.2, 0.25) is 0 Å². The van der Waals surface area contributed by atoms with E-state index < -0.39 is 0 Å². The number of cyclic esters (lactones) is 1. The van der Waals surface area contributed by atoms with Crippen molar-refractivity contribution >= 4 is 22.9 Å². The second-order valence-electron chi connectivity index (χ2n) is 5.01. The van der Waals surface area contributed by atoms with Gasteiger partial charge in [0.1, 0.15) is 11.6 Å². The van der Waals surface area contributed by atoms with Crippen molar-refractivity contribution in [1.29, 1.82) is 0 Å². The summed E-state index contributed by atoms with van der Waals surface area (Å²) in [5.41, 5.74) is 0.794. The van der Waals surface area contributed by atoms with Crippen molar-refractivity contribution in [3.05, 3.63) is 12.0 Å². The van der Waals surface area contributed by atoms with Crippen LogP contribution in [0.15, 0.2) is 6.20 Å². The maximum Gasteiger partial charge on any atom is 0.409 e. The average molecular weight is 290 g/mol. The van der Waals surface area contributed by atoms with Crippen LogP contribution in [0.3, 0.4) is 0 Å². The fourth-order valence-corrected chi connectivity index (χ4v) is 2.38. The van der Waals surface area contributed by atoms with Crippen molar-refractivity contribution in [2.75, 3.05) is 31.6 Å². The molecule has 1 saturated heterocycles. The zero-order valence-electron chi connectivity index (χ0n) is 12.2. The normalized spacial score (nSPS) is 15.3. The van der Waals surface area contributed by atoms with Crippen LogP contribution in [0.4, 0.5) is 10.6 Å². The van der Waals surface area contributed by atoms with Gasteiger partial charge in [-0.25, -0.2) is 14.8 Å². The summed E-state index contributed by atoms with van der Waals surface area (Å²) in [6.45, 7) is 4.30. The zero-order valence-corrected chi connectivity index (χ0v) is 12.2. The SMILES string of the molecule is Cc1nc(NCCN2CCCOC2=O)c2cnn(C)c2n1. The third-order valence-electron chi connectivity index (χ3n) is 3.43. The predicted molar refractivity (Wildman–Crippen MR) is 77.1 cm³/mol. The molecule has 112 valence electrons. The minimum atomic E-state index is -0.242. The molecule has 21 heavy (non-hydrogen) atoms. The lowest BCUT2D eigenvalue weighted by molar-refractivity contribution is 0.0746. The number of carbonyl (C=O) groups is 1. The number of carbonyl (C=O) groups excluding carboxylic acids is 1. The van der Waals surface area contributed by atoms with Crippen molar-refractivity contribution < 1.29 is 9.53 Å². The molecule has 1 amide bonds. The summed E-state index contributed by atoms with van der Waals surface area (Å²) in [5, 5.41) is 8.33. The molecule has 0 saturated carbocycles. The number of amides is 1. The molecular formula is C13H18N6O2. The van der Waals surface area contributed by atoms with Crippen LogP contribution in [0.1, 0.15) is 12.2 Å². The Balaban J connectivity index is 1.69. The second-order valence-corrected chi connectivity index (χ2v) is 5.01. The van der Waals surface area contributed by atoms with E-state index in [4.69, 9.17) is 4.74 Å². The lowest BCUT2D eigenvalue weighted by atomic mass is 10.3. The van der Waals surface area contributed by atoms with Crippen LogP contribution in [0, 0.1) is 6.92 Å². The van der Waals surface area contributed by atoms with Crippen LogP contribution < -0.4 is 5.32 Å². The second kappa shape index (κ2) is 5.55. The summed E-state index contributed by atoms with van der Waals surface area (Å²) in [5.74, 6) is 1.43. The van der Waals surface area contributed by atoms with Gasteiger partial charge in [-0.15, -0.1) is 0 Å². The molecule has 2 aromatic rings. The molecule has 1 N–H and O–H groups in total. The number of aromatic nitrogens is 4. The molecule has 3 rings (SSSR count). The highest BCUT2D eigenvalue weighted by Gasteiger charge is 2.19. The first kappa shape index (κ1) is 13.6. The van der Waals surface area contributed by atoms with Gasteiger partial charge < -0.3 is 15.0 Å². The molecule has 0 aliphatic carbocycles. The van der Waals surface area contributed by atoms with Gasteiger partial charge in [-0.1, -0.05) is 0 Å². The molecule has 0 bridgehead atoms. The first-order chi connectivity index (χ1) is 10.1. The third-order valence-corrected chi connectivity index (χ3v) is 3.43. The molecule has 0 aromatic carbocycles. The number of anilines is 1. The number of fused-ring (bicyclic) bond motifs is 1. The zero-order chi connectivity index (χ0) is 14.8. The highest BCUT2D eigenvalue weighted by molar-refractivity contribution is 5.86. The van der Waals surface area contributed by atoms with Crippen molar-refractivity contribution in [2.24, 2.45) is 7.05 Å². The van der Waals surface area contributed by atoms with E-state index in [9.17, 15) is 4.79 Å². The highest BCUT2D eigenvalue weighted by atomic mass is 16.6. The van der Waals surface area contributed by atoms with Crippen molar-refractivity contribution in [1.82, 2.24) is 24.6 Å². The molecule has 8 nitrogen and oxygen atoms in total. The molecule has 0 atom stereocenters. The number of nitrogens with one attached hydrogen (secondary N) is 1. The number of aryl methyl sites for hydroxylation is 2. The smallest absolute Gasteiger partial charge is 0.409 e. The van der Waals surface area contributed by atoms with E-state index in [0.29, 0.717) is 25.5 Å². The minimum Gasteiger partial charge on any atom is -0.449 e. The van der Waals surface area contributed by atoms with E-state index in [1.54, 1.807) is 15.8 Å².